The van der Waals surface area contributed by atoms with Gasteiger partial charge in [-0.2, -0.15) is 0 Å². The lowest BCUT2D eigenvalue weighted by atomic mass is 9.93. The molecule has 2 saturated heterocycles. The van der Waals surface area contributed by atoms with Crippen molar-refractivity contribution in [3.63, 3.8) is 0 Å². The van der Waals surface area contributed by atoms with Crippen LogP contribution in [-0.4, -0.2) is 18.6 Å². The highest BCUT2D eigenvalue weighted by molar-refractivity contribution is 6.30. The average molecular weight is 224 g/mol. The van der Waals surface area contributed by atoms with E-state index in [1.165, 1.54) is 0 Å². The molecule has 0 spiro atoms. The Labute approximate surface area is 92.4 Å². The minimum Gasteiger partial charge on any atom is -0.452 e. The molecule has 2 bridgehead atoms. The number of benzene rings is 1. The van der Waals surface area contributed by atoms with Gasteiger partial charge in [-0.05, 0) is 17.7 Å². The first kappa shape index (κ1) is 9.19. The second-order valence-corrected chi connectivity index (χ2v) is 4.50. The molecule has 1 aromatic carbocycles. The van der Waals surface area contributed by atoms with E-state index in [0.717, 1.165) is 12.0 Å². The fourth-order valence-corrected chi connectivity index (χ4v) is 2.43. The second-order valence-electron chi connectivity index (χ2n) is 4.06. The van der Waals surface area contributed by atoms with Crippen LogP contribution in [0.25, 0.3) is 0 Å². The van der Waals surface area contributed by atoms with Crippen molar-refractivity contribution in [2.24, 2.45) is 0 Å². The molecule has 0 amide bonds. The molecule has 4 heteroatoms. The molecule has 3 rings (SSSR count). The van der Waals surface area contributed by atoms with Crippen molar-refractivity contribution >= 4 is 17.6 Å². The second kappa shape index (κ2) is 2.97. The smallest absolute Gasteiger partial charge is 0.324 e. The zero-order chi connectivity index (χ0) is 10.5. The number of hydrogen-bond acceptors (Lipinski definition) is 3. The topological polar surface area (TPSA) is 38.3 Å². The van der Waals surface area contributed by atoms with Crippen molar-refractivity contribution in [1.82, 2.24) is 5.32 Å². The van der Waals surface area contributed by atoms with Gasteiger partial charge < -0.3 is 4.74 Å². The van der Waals surface area contributed by atoms with Crippen molar-refractivity contribution in [3.8, 4) is 0 Å². The van der Waals surface area contributed by atoms with Gasteiger partial charge in [-0.25, -0.2) is 0 Å². The highest BCUT2D eigenvalue weighted by Crippen LogP contribution is 2.41. The lowest BCUT2D eigenvalue weighted by Gasteiger charge is -2.26. The van der Waals surface area contributed by atoms with Crippen LogP contribution < -0.4 is 5.32 Å². The van der Waals surface area contributed by atoms with Gasteiger partial charge in [-0.15, -0.1) is 0 Å². The largest absolute Gasteiger partial charge is 0.452 e. The predicted octanol–water partition coefficient (Wildman–Crippen LogP) is 1.45. The molecule has 2 aliphatic heterocycles. The molecule has 3 nitrogen and oxygen atoms in total. The van der Waals surface area contributed by atoms with Gasteiger partial charge in [0.2, 0.25) is 0 Å². The maximum atomic E-state index is 11.4. The quantitative estimate of drug-likeness (QED) is 0.733. The third-order valence-corrected chi connectivity index (χ3v) is 3.37. The Kier molecular flexibility index (Phi) is 1.82. The number of fused-ring (bicyclic) bond motifs is 2. The van der Waals surface area contributed by atoms with E-state index in [4.69, 9.17) is 16.3 Å². The standard InChI is InChI=1S/C11H10ClNO2/c12-8-3-1-7(2-4-8)11-5-9(13-6-11)10(14)15-11/h1-4,9,13H,5-6H2. The summed E-state index contributed by atoms with van der Waals surface area (Å²) in [6.07, 6.45) is 0.730. The monoisotopic (exact) mass is 223 g/mol. The molecular formula is C11H10ClNO2. The number of carbonyl (C=O) groups excluding carboxylic acids is 1. The number of morpholine rings is 1. The molecule has 2 fully saturated rings. The molecule has 0 aliphatic carbocycles. The molecule has 1 aromatic rings. The van der Waals surface area contributed by atoms with Crippen LogP contribution in [0.5, 0.6) is 0 Å². The van der Waals surface area contributed by atoms with Gasteiger partial charge in [0, 0.05) is 18.0 Å². The number of halogens is 1. The number of rotatable bonds is 1. The zero-order valence-electron chi connectivity index (χ0n) is 8.00. The molecule has 0 saturated carbocycles. The number of hydrogen-bond donors (Lipinski definition) is 1. The summed E-state index contributed by atoms with van der Waals surface area (Å²) in [5, 5.41) is 3.85. The van der Waals surface area contributed by atoms with Crippen LogP contribution in [-0.2, 0) is 15.1 Å². The van der Waals surface area contributed by atoms with Crippen LogP contribution in [0, 0.1) is 0 Å². The lowest BCUT2D eigenvalue weighted by molar-refractivity contribution is -0.153. The minimum atomic E-state index is -0.452. The number of esters is 1. The van der Waals surface area contributed by atoms with E-state index in [9.17, 15) is 4.79 Å². The van der Waals surface area contributed by atoms with Gasteiger partial charge in [0.05, 0.1) is 0 Å². The minimum absolute atomic E-state index is 0.124. The lowest BCUT2D eigenvalue weighted by Crippen LogP contribution is -2.40. The van der Waals surface area contributed by atoms with Gasteiger partial charge in [0.1, 0.15) is 6.04 Å². The summed E-state index contributed by atoms with van der Waals surface area (Å²) in [7, 11) is 0. The Hall–Kier alpha value is -1.06. The van der Waals surface area contributed by atoms with Gasteiger partial charge in [-0.1, -0.05) is 23.7 Å². The van der Waals surface area contributed by atoms with Crippen LogP contribution in [0.1, 0.15) is 12.0 Å². The van der Waals surface area contributed by atoms with Gasteiger partial charge in [0.25, 0.3) is 0 Å². The third-order valence-electron chi connectivity index (χ3n) is 3.12. The average Bonchev–Trinajstić information content (AvgIpc) is 2.76. The van der Waals surface area contributed by atoms with Crippen molar-refractivity contribution in [3.05, 3.63) is 34.9 Å². The molecule has 2 atom stereocenters. The molecule has 2 aliphatic rings. The van der Waals surface area contributed by atoms with E-state index in [0.29, 0.717) is 11.6 Å². The van der Waals surface area contributed by atoms with Crippen LogP contribution in [0.4, 0.5) is 0 Å². The van der Waals surface area contributed by atoms with Crippen LogP contribution in [0.3, 0.4) is 0 Å². The van der Waals surface area contributed by atoms with Crippen molar-refractivity contribution in [2.75, 3.05) is 6.54 Å². The summed E-state index contributed by atoms with van der Waals surface area (Å²) < 4.78 is 5.43. The summed E-state index contributed by atoms with van der Waals surface area (Å²) >= 11 is 5.82. The van der Waals surface area contributed by atoms with Gasteiger partial charge in [0.15, 0.2) is 5.60 Å². The Morgan fingerprint density at radius 1 is 1.40 bits per heavy atom. The summed E-state index contributed by atoms with van der Waals surface area (Å²) in [6.45, 7) is 0.699. The van der Waals surface area contributed by atoms with Crippen molar-refractivity contribution in [1.29, 1.82) is 0 Å². The van der Waals surface area contributed by atoms with Gasteiger partial charge >= 0.3 is 5.97 Å². The van der Waals surface area contributed by atoms with E-state index < -0.39 is 5.60 Å². The summed E-state index contributed by atoms with van der Waals surface area (Å²) in [5.74, 6) is -0.142. The fourth-order valence-electron chi connectivity index (χ4n) is 2.30. The molecule has 2 unspecified atom stereocenters. The predicted molar refractivity (Wildman–Crippen MR) is 55.6 cm³/mol. The highest BCUT2D eigenvalue weighted by Gasteiger charge is 2.53. The first-order chi connectivity index (χ1) is 7.20. The number of carbonyl (C=O) groups is 1. The Bertz CT molecular complexity index is 417. The van der Waals surface area contributed by atoms with E-state index in [-0.39, 0.29) is 12.0 Å². The van der Waals surface area contributed by atoms with Crippen molar-refractivity contribution < 1.29 is 9.53 Å². The molecule has 0 aromatic heterocycles. The fraction of sp³-hybridized carbons (Fsp3) is 0.364. The molecule has 1 N–H and O–H groups in total. The number of ether oxygens (including phenoxy) is 1. The highest BCUT2D eigenvalue weighted by atomic mass is 35.5. The van der Waals surface area contributed by atoms with E-state index in [2.05, 4.69) is 5.32 Å². The molecular weight excluding hydrogens is 214 g/mol. The Morgan fingerprint density at radius 3 is 2.67 bits per heavy atom. The summed E-state index contributed by atoms with van der Waals surface area (Å²) in [6, 6.07) is 7.37. The summed E-state index contributed by atoms with van der Waals surface area (Å²) in [4.78, 5) is 11.4. The van der Waals surface area contributed by atoms with Crippen LogP contribution >= 0.6 is 11.6 Å². The molecule has 2 heterocycles. The molecule has 15 heavy (non-hydrogen) atoms. The van der Waals surface area contributed by atoms with Crippen LogP contribution in [0.2, 0.25) is 5.02 Å². The van der Waals surface area contributed by atoms with Crippen LogP contribution in [0.15, 0.2) is 24.3 Å². The van der Waals surface area contributed by atoms with E-state index in [1.807, 2.05) is 24.3 Å². The molecule has 78 valence electrons. The first-order valence-corrected chi connectivity index (χ1v) is 5.30. The van der Waals surface area contributed by atoms with Gasteiger partial charge in [-0.3, -0.25) is 10.1 Å². The SMILES string of the molecule is O=C1OC2(c3ccc(Cl)cc3)CNC1C2. The maximum Gasteiger partial charge on any atom is 0.324 e. The Morgan fingerprint density at radius 2 is 2.13 bits per heavy atom. The summed E-state index contributed by atoms with van der Waals surface area (Å²) in [5.41, 5.74) is 0.569. The van der Waals surface area contributed by atoms with E-state index in [1.54, 1.807) is 0 Å². The third kappa shape index (κ3) is 1.27. The normalized spacial score (nSPS) is 33.1. The molecule has 0 radical (unpaired) electrons. The number of nitrogens with one attached hydrogen (secondary N) is 1. The zero-order valence-corrected chi connectivity index (χ0v) is 8.75. The first-order valence-electron chi connectivity index (χ1n) is 4.92. The Balaban J connectivity index is 2.00. The van der Waals surface area contributed by atoms with E-state index >= 15 is 0 Å². The van der Waals surface area contributed by atoms with Crippen molar-refractivity contribution in [2.45, 2.75) is 18.1 Å². The maximum absolute atomic E-state index is 11.4.